The van der Waals surface area contributed by atoms with Crippen molar-refractivity contribution in [1.82, 2.24) is 4.90 Å². The molecule has 0 atom stereocenters. The van der Waals surface area contributed by atoms with Crippen LogP contribution in [0.1, 0.15) is 16.1 Å². The van der Waals surface area contributed by atoms with Crippen LogP contribution in [0, 0.1) is 0 Å². The van der Waals surface area contributed by atoms with Gasteiger partial charge in [0.15, 0.2) is 0 Å². The number of nitrogens with zero attached hydrogens (tertiary/aromatic N) is 1. The second-order valence-electron chi connectivity index (χ2n) is 5.30. The molecule has 0 radical (unpaired) electrons. The van der Waals surface area contributed by atoms with Gasteiger partial charge in [-0.15, -0.1) is 0 Å². The number of hydrogen-bond acceptors (Lipinski definition) is 2. The SMILES string of the molecule is CN(Cc1ccc(-c2ccc(Cl)cc2)o1)C(=O)c1ccccc1. The van der Waals surface area contributed by atoms with E-state index in [1.807, 2.05) is 54.6 Å². The van der Waals surface area contributed by atoms with Crippen LogP contribution in [0.4, 0.5) is 0 Å². The van der Waals surface area contributed by atoms with E-state index in [1.54, 1.807) is 24.1 Å². The highest BCUT2D eigenvalue weighted by atomic mass is 35.5. The molecule has 0 saturated carbocycles. The molecule has 3 nitrogen and oxygen atoms in total. The molecule has 1 amide bonds. The Labute approximate surface area is 140 Å². The van der Waals surface area contributed by atoms with E-state index >= 15 is 0 Å². The van der Waals surface area contributed by atoms with Gasteiger partial charge < -0.3 is 9.32 Å². The molecule has 0 saturated heterocycles. The largest absolute Gasteiger partial charge is 0.459 e. The summed E-state index contributed by atoms with van der Waals surface area (Å²) < 4.78 is 5.83. The Morgan fingerprint density at radius 3 is 2.39 bits per heavy atom. The number of hydrogen-bond donors (Lipinski definition) is 0. The molecular weight excluding hydrogens is 310 g/mol. The summed E-state index contributed by atoms with van der Waals surface area (Å²) in [6, 6.07) is 20.5. The predicted molar refractivity (Wildman–Crippen MR) is 91.4 cm³/mol. The van der Waals surface area contributed by atoms with Crippen LogP contribution in [-0.2, 0) is 6.54 Å². The fraction of sp³-hybridized carbons (Fsp3) is 0.105. The van der Waals surface area contributed by atoms with Gasteiger partial charge in [0.1, 0.15) is 11.5 Å². The summed E-state index contributed by atoms with van der Waals surface area (Å²) in [6.07, 6.45) is 0. The lowest BCUT2D eigenvalue weighted by molar-refractivity contribution is 0.0776. The second-order valence-corrected chi connectivity index (χ2v) is 5.74. The molecule has 0 N–H and O–H groups in total. The lowest BCUT2D eigenvalue weighted by Gasteiger charge is -2.15. The highest BCUT2D eigenvalue weighted by Gasteiger charge is 2.13. The number of amides is 1. The van der Waals surface area contributed by atoms with Gasteiger partial charge in [0.05, 0.1) is 6.54 Å². The van der Waals surface area contributed by atoms with Crippen molar-refractivity contribution in [1.29, 1.82) is 0 Å². The third-order valence-electron chi connectivity index (χ3n) is 3.55. The Morgan fingerprint density at radius 1 is 1.00 bits per heavy atom. The smallest absolute Gasteiger partial charge is 0.254 e. The summed E-state index contributed by atoms with van der Waals surface area (Å²) in [7, 11) is 1.76. The molecule has 0 fully saturated rings. The maximum Gasteiger partial charge on any atom is 0.254 e. The Morgan fingerprint density at radius 2 is 1.70 bits per heavy atom. The molecule has 0 aliphatic rings. The first kappa shape index (κ1) is 15.4. The van der Waals surface area contributed by atoms with E-state index in [2.05, 4.69) is 0 Å². The lowest BCUT2D eigenvalue weighted by atomic mass is 10.2. The standard InChI is InChI=1S/C19H16ClNO2/c1-21(19(22)15-5-3-2-4-6-15)13-17-11-12-18(23-17)14-7-9-16(20)10-8-14/h2-12H,13H2,1H3. The van der Waals surface area contributed by atoms with Gasteiger partial charge in [0.2, 0.25) is 0 Å². The monoisotopic (exact) mass is 325 g/mol. The van der Waals surface area contributed by atoms with Gasteiger partial charge >= 0.3 is 0 Å². The zero-order chi connectivity index (χ0) is 16.2. The van der Waals surface area contributed by atoms with Gasteiger partial charge in [-0.2, -0.15) is 0 Å². The minimum absolute atomic E-state index is 0.0324. The number of carbonyl (C=O) groups is 1. The van der Waals surface area contributed by atoms with E-state index < -0.39 is 0 Å². The number of rotatable bonds is 4. The average Bonchev–Trinajstić information content (AvgIpc) is 3.04. The summed E-state index contributed by atoms with van der Waals surface area (Å²) in [5.41, 5.74) is 1.62. The van der Waals surface area contributed by atoms with Crippen LogP contribution >= 0.6 is 11.6 Å². The molecule has 0 bridgehead atoms. The van der Waals surface area contributed by atoms with Crippen molar-refractivity contribution in [3.05, 3.63) is 83.1 Å². The molecule has 1 heterocycles. The average molecular weight is 326 g/mol. The van der Waals surface area contributed by atoms with Crippen LogP contribution in [0.15, 0.2) is 71.1 Å². The van der Waals surface area contributed by atoms with Crippen LogP contribution in [0.5, 0.6) is 0 Å². The molecule has 0 aliphatic carbocycles. The second kappa shape index (κ2) is 6.71. The van der Waals surface area contributed by atoms with Crippen molar-refractivity contribution in [2.24, 2.45) is 0 Å². The summed E-state index contributed by atoms with van der Waals surface area (Å²) >= 11 is 5.89. The summed E-state index contributed by atoms with van der Waals surface area (Å²) in [5, 5.41) is 0.689. The number of halogens is 1. The Kier molecular flexibility index (Phi) is 4.49. The maximum atomic E-state index is 12.3. The van der Waals surface area contributed by atoms with Crippen molar-refractivity contribution < 1.29 is 9.21 Å². The molecule has 23 heavy (non-hydrogen) atoms. The third kappa shape index (κ3) is 3.63. The fourth-order valence-corrected chi connectivity index (χ4v) is 2.46. The minimum Gasteiger partial charge on any atom is -0.459 e. The molecule has 2 aromatic carbocycles. The highest BCUT2D eigenvalue weighted by Crippen LogP contribution is 2.24. The quantitative estimate of drug-likeness (QED) is 0.685. The van der Waals surface area contributed by atoms with Crippen molar-refractivity contribution in [3.63, 3.8) is 0 Å². The molecule has 0 aliphatic heterocycles. The van der Waals surface area contributed by atoms with E-state index in [0.717, 1.165) is 17.1 Å². The Balaban J connectivity index is 1.71. The van der Waals surface area contributed by atoms with Crippen LogP contribution in [0.25, 0.3) is 11.3 Å². The Bertz CT molecular complexity index is 794. The molecular formula is C19H16ClNO2. The maximum absolute atomic E-state index is 12.3. The van der Waals surface area contributed by atoms with E-state index in [-0.39, 0.29) is 5.91 Å². The number of benzene rings is 2. The van der Waals surface area contributed by atoms with E-state index in [9.17, 15) is 4.79 Å². The topological polar surface area (TPSA) is 33.5 Å². The predicted octanol–water partition coefficient (Wildman–Crippen LogP) is 4.87. The van der Waals surface area contributed by atoms with Gasteiger partial charge in [-0.25, -0.2) is 0 Å². The zero-order valence-electron chi connectivity index (χ0n) is 12.7. The minimum atomic E-state index is -0.0324. The summed E-state index contributed by atoms with van der Waals surface area (Å²) in [5.74, 6) is 1.47. The number of carbonyl (C=O) groups excluding carboxylic acids is 1. The molecule has 0 spiro atoms. The van der Waals surface area contributed by atoms with Gasteiger partial charge in [-0.05, 0) is 48.5 Å². The summed E-state index contributed by atoms with van der Waals surface area (Å²) in [6.45, 7) is 0.418. The van der Waals surface area contributed by atoms with E-state index in [4.69, 9.17) is 16.0 Å². The summed E-state index contributed by atoms with van der Waals surface area (Å²) in [4.78, 5) is 14.0. The van der Waals surface area contributed by atoms with Crippen LogP contribution in [0.2, 0.25) is 5.02 Å². The highest BCUT2D eigenvalue weighted by molar-refractivity contribution is 6.30. The van der Waals surface area contributed by atoms with Crippen LogP contribution in [-0.4, -0.2) is 17.9 Å². The van der Waals surface area contributed by atoms with Crippen molar-refractivity contribution >= 4 is 17.5 Å². The van der Waals surface area contributed by atoms with E-state index in [1.165, 1.54) is 0 Å². The normalized spacial score (nSPS) is 10.5. The number of furan rings is 1. The van der Waals surface area contributed by atoms with E-state index in [0.29, 0.717) is 17.1 Å². The van der Waals surface area contributed by atoms with Crippen molar-refractivity contribution in [2.45, 2.75) is 6.54 Å². The van der Waals surface area contributed by atoms with Gasteiger partial charge in [0.25, 0.3) is 5.91 Å². The first-order chi connectivity index (χ1) is 11.1. The van der Waals surface area contributed by atoms with Gasteiger partial charge in [-0.1, -0.05) is 29.8 Å². The zero-order valence-corrected chi connectivity index (χ0v) is 13.5. The first-order valence-electron chi connectivity index (χ1n) is 7.28. The molecule has 4 heteroatoms. The van der Waals surface area contributed by atoms with Crippen molar-refractivity contribution in [2.75, 3.05) is 7.05 Å². The van der Waals surface area contributed by atoms with Crippen LogP contribution in [0.3, 0.4) is 0 Å². The molecule has 0 unspecified atom stereocenters. The van der Waals surface area contributed by atoms with Gasteiger partial charge in [-0.3, -0.25) is 4.79 Å². The van der Waals surface area contributed by atoms with Crippen LogP contribution < -0.4 is 0 Å². The first-order valence-corrected chi connectivity index (χ1v) is 7.66. The molecule has 1 aromatic heterocycles. The van der Waals surface area contributed by atoms with Crippen molar-refractivity contribution in [3.8, 4) is 11.3 Å². The molecule has 3 aromatic rings. The lowest BCUT2D eigenvalue weighted by Crippen LogP contribution is -2.25. The fourth-order valence-electron chi connectivity index (χ4n) is 2.34. The third-order valence-corrected chi connectivity index (χ3v) is 3.80. The Hall–Kier alpha value is -2.52. The molecule has 116 valence electrons. The van der Waals surface area contributed by atoms with Gasteiger partial charge in [0, 0.05) is 23.2 Å². The molecule has 3 rings (SSSR count).